The van der Waals surface area contributed by atoms with Crippen molar-refractivity contribution in [1.29, 1.82) is 0 Å². The zero-order valence-electron chi connectivity index (χ0n) is 9.44. The second kappa shape index (κ2) is 7.46. The molecule has 5 nitrogen and oxygen atoms in total. The van der Waals surface area contributed by atoms with Gasteiger partial charge in [-0.2, -0.15) is 0 Å². The van der Waals surface area contributed by atoms with Gasteiger partial charge in [0.2, 0.25) is 0 Å². The summed E-state index contributed by atoms with van der Waals surface area (Å²) in [5.41, 5.74) is 0.188. The van der Waals surface area contributed by atoms with E-state index in [0.29, 0.717) is 3.57 Å². The van der Waals surface area contributed by atoms with Gasteiger partial charge in [0.15, 0.2) is 0 Å². The van der Waals surface area contributed by atoms with E-state index in [1.54, 1.807) is 12.1 Å². The summed E-state index contributed by atoms with van der Waals surface area (Å²) in [5.74, 6) is -0.464. The van der Waals surface area contributed by atoms with E-state index in [4.69, 9.17) is 10.2 Å². The zero-order chi connectivity index (χ0) is 13.7. The molecule has 0 aromatic heterocycles. The number of carbonyl (C=O) groups is 1. The number of hydrogen-bond acceptors (Lipinski definition) is 4. The molecule has 3 N–H and O–H groups in total. The molecule has 0 aliphatic heterocycles. The monoisotopic (exact) mass is 477 g/mol. The molecule has 0 radical (unpaired) electrons. The first kappa shape index (κ1) is 15.9. The van der Waals surface area contributed by atoms with Gasteiger partial charge in [-0.1, -0.05) is 0 Å². The molecule has 0 bridgehead atoms. The highest BCUT2D eigenvalue weighted by Gasteiger charge is 2.20. The maximum atomic E-state index is 12.2. The molecule has 0 aliphatic carbocycles. The van der Waals surface area contributed by atoms with Crippen LogP contribution >= 0.6 is 45.2 Å². The highest BCUT2D eigenvalue weighted by atomic mass is 127. The third kappa shape index (κ3) is 3.93. The zero-order valence-corrected chi connectivity index (χ0v) is 13.8. The van der Waals surface area contributed by atoms with Crippen LogP contribution in [0.1, 0.15) is 10.4 Å². The lowest BCUT2D eigenvalue weighted by atomic mass is 10.1. The van der Waals surface area contributed by atoms with Crippen LogP contribution in [0.4, 0.5) is 0 Å². The summed E-state index contributed by atoms with van der Waals surface area (Å²) < 4.78 is 1.43. The Morgan fingerprint density at radius 3 is 2.22 bits per heavy atom. The number of halogens is 2. The van der Waals surface area contributed by atoms with E-state index >= 15 is 0 Å². The average Bonchev–Trinajstić information content (AvgIpc) is 2.32. The van der Waals surface area contributed by atoms with Crippen molar-refractivity contribution in [2.24, 2.45) is 0 Å². The van der Waals surface area contributed by atoms with Gasteiger partial charge in [0.25, 0.3) is 5.91 Å². The summed E-state index contributed by atoms with van der Waals surface area (Å²) in [6.07, 6.45) is 0. The van der Waals surface area contributed by atoms with Crippen molar-refractivity contribution in [2.45, 2.75) is 0 Å². The molecule has 0 saturated heterocycles. The predicted octanol–water partition coefficient (Wildman–Crippen LogP) is 1.03. The molecule has 1 rings (SSSR count). The minimum atomic E-state index is -0.396. The van der Waals surface area contributed by atoms with Gasteiger partial charge in [0.1, 0.15) is 5.75 Å². The molecule has 0 unspecified atom stereocenters. The van der Waals surface area contributed by atoms with Gasteiger partial charge < -0.3 is 20.2 Å². The number of aliphatic hydroxyl groups is 2. The fourth-order valence-electron chi connectivity index (χ4n) is 1.46. The fourth-order valence-corrected chi connectivity index (χ4v) is 3.30. The van der Waals surface area contributed by atoms with Gasteiger partial charge >= 0.3 is 0 Å². The molecule has 1 aromatic carbocycles. The Kier molecular flexibility index (Phi) is 6.60. The maximum Gasteiger partial charge on any atom is 0.257 e. The topological polar surface area (TPSA) is 81.0 Å². The van der Waals surface area contributed by atoms with Crippen molar-refractivity contribution in [3.63, 3.8) is 0 Å². The van der Waals surface area contributed by atoms with Crippen LogP contribution in [-0.4, -0.2) is 52.4 Å². The van der Waals surface area contributed by atoms with Crippen molar-refractivity contribution in [1.82, 2.24) is 4.90 Å². The number of benzene rings is 1. The number of nitrogens with zero attached hydrogens (tertiary/aromatic N) is 1. The van der Waals surface area contributed by atoms with E-state index in [2.05, 4.69) is 22.6 Å². The van der Waals surface area contributed by atoms with Crippen LogP contribution in [0.15, 0.2) is 12.1 Å². The maximum absolute atomic E-state index is 12.2. The Hall–Kier alpha value is -0.130. The molecule has 0 atom stereocenters. The van der Waals surface area contributed by atoms with Crippen LogP contribution in [0.2, 0.25) is 0 Å². The number of phenolic OH excluding ortho intramolecular Hbond substituents is 1. The third-order valence-electron chi connectivity index (χ3n) is 2.29. The SMILES string of the molecule is O=C(c1cc(I)cc(I)c1O)N(CCO)CCO. The Morgan fingerprint density at radius 1 is 1.17 bits per heavy atom. The van der Waals surface area contributed by atoms with E-state index in [-0.39, 0.29) is 37.6 Å². The lowest BCUT2D eigenvalue weighted by Crippen LogP contribution is -2.36. The first-order chi connectivity index (χ1) is 8.51. The van der Waals surface area contributed by atoms with Crippen molar-refractivity contribution in [2.75, 3.05) is 26.3 Å². The Balaban J connectivity index is 3.07. The van der Waals surface area contributed by atoms with Crippen molar-refractivity contribution >= 4 is 51.1 Å². The van der Waals surface area contributed by atoms with Crippen molar-refractivity contribution in [3.8, 4) is 5.75 Å². The highest BCUT2D eigenvalue weighted by molar-refractivity contribution is 14.1. The van der Waals surface area contributed by atoms with Gasteiger partial charge in [-0.05, 0) is 57.3 Å². The van der Waals surface area contributed by atoms with Crippen molar-refractivity contribution in [3.05, 3.63) is 24.8 Å². The smallest absolute Gasteiger partial charge is 0.257 e. The lowest BCUT2D eigenvalue weighted by molar-refractivity contribution is 0.0681. The van der Waals surface area contributed by atoms with Gasteiger partial charge in [0.05, 0.1) is 22.3 Å². The normalized spacial score (nSPS) is 10.4. The van der Waals surface area contributed by atoms with Gasteiger partial charge in [-0.15, -0.1) is 0 Å². The predicted molar refractivity (Wildman–Crippen MR) is 83.6 cm³/mol. The first-order valence-electron chi connectivity index (χ1n) is 5.20. The van der Waals surface area contributed by atoms with E-state index in [1.165, 1.54) is 4.90 Å². The molecule has 0 saturated carbocycles. The fraction of sp³-hybridized carbons (Fsp3) is 0.364. The molecule has 1 aromatic rings. The Morgan fingerprint density at radius 2 is 1.72 bits per heavy atom. The number of amides is 1. The van der Waals surface area contributed by atoms with E-state index in [0.717, 1.165) is 3.57 Å². The standard InChI is InChI=1S/C11H13I2NO4/c12-7-5-8(10(17)9(13)6-7)11(18)14(1-3-15)2-4-16/h5-6,15-17H,1-4H2. The summed E-state index contributed by atoms with van der Waals surface area (Å²) in [6.45, 7) is -0.122. The number of aromatic hydroxyl groups is 1. The minimum Gasteiger partial charge on any atom is -0.506 e. The summed E-state index contributed by atoms with van der Waals surface area (Å²) in [4.78, 5) is 13.5. The lowest BCUT2D eigenvalue weighted by Gasteiger charge is -2.21. The largest absolute Gasteiger partial charge is 0.506 e. The van der Waals surface area contributed by atoms with Crippen LogP contribution in [0.5, 0.6) is 5.75 Å². The molecule has 0 fully saturated rings. The number of phenols is 1. The summed E-state index contributed by atoms with van der Waals surface area (Å²) in [6, 6.07) is 3.35. The Bertz CT molecular complexity index is 433. The number of aliphatic hydroxyl groups excluding tert-OH is 2. The van der Waals surface area contributed by atoms with Crippen LogP contribution in [0.25, 0.3) is 0 Å². The van der Waals surface area contributed by atoms with Gasteiger partial charge in [0, 0.05) is 16.7 Å². The van der Waals surface area contributed by atoms with Crippen LogP contribution in [0.3, 0.4) is 0 Å². The highest BCUT2D eigenvalue weighted by Crippen LogP contribution is 2.27. The summed E-state index contributed by atoms with van der Waals surface area (Å²) in [7, 11) is 0. The molecule has 18 heavy (non-hydrogen) atoms. The second-order valence-electron chi connectivity index (χ2n) is 3.52. The van der Waals surface area contributed by atoms with Gasteiger partial charge in [-0.3, -0.25) is 4.79 Å². The average molecular weight is 477 g/mol. The molecule has 0 aliphatic rings. The molecule has 0 spiro atoms. The third-order valence-corrected chi connectivity index (χ3v) is 3.73. The van der Waals surface area contributed by atoms with E-state index < -0.39 is 5.91 Å². The first-order valence-corrected chi connectivity index (χ1v) is 7.36. The molecule has 7 heteroatoms. The van der Waals surface area contributed by atoms with Crippen LogP contribution in [0, 0.1) is 7.14 Å². The Labute approximate surface area is 132 Å². The number of carbonyl (C=O) groups excluding carboxylic acids is 1. The molecule has 1 amide bonds. The second-order valence-corrected chi connectivity index (χ2v) is 5.93. The van der Waals surface area contributed by atoms with Gasteiger partial charge in [-0.25, -0.2) is 0 Å². The molecular weight excluding hydrogens is 464 g/mol. The van der Waals surface area contributed by atoms with Crippen LogP contribution < -0.4 is 0 Å². The molecule has 0 heterocycles. The van der Waals surface area contributed by atoms with E-state index in [1.807, 2.05) is 22.6 Å². The molecular formula is C11H13I2NO4. The quantitative estimate of drug-likeness (QED) is 0.554. The van der Waals surface area contributed by atoms with Crippen LogP contribution in [-0.2, 0) is 0 Å². The van der Waals surface area contributed by atoms with E-state index in [9.17, 15) is 9.90 Å². The number of hydrogen-bond donors (Lipinski definition) is 3. The summed E-state index contributed by atoms with van der Waals surface area (Å²) >= 11 is 4.01. The minimum absolute atomic E-state index is 0.0677. The summed E-state index contributed by atoms with van der Waals surface area (Å²) in [5, 5.41) is 27.7. The molecule has 100 valence electrons. The van der Waals surface area contributed by atoms with Crippen molar-refractivity contribution < 1.29 is 20.1 Å². The number of rotatable bonds is 5.